The van der Waals surface area contributed by atoms with Gasteiger partial charge in [-0.15, -0.1) is 0 Å². The zero-order valence-corrected chi connectivity index (χ0v) is 15.7. The van der Waals surface area contributed by atoms with Gasteiger partial charge in [-0.2, -0.15) is 0 Å². The second-order valence-electron chi connectivity index (χ2n) is 4.16. The summed E-state index contributed by atoms with van der Waals surface area (Å²) in [7, 11) is 1.57. The number of carbonyl (C=O) groups excluding carboxylic acids is 1. The second kappa shape index (κ2) is 6.81. The number of amides is 1. The van der Waals surface area contributed by atoms with Crippen LogP contribution in [0.25, 0.3) is 0 Å². The molecule has 1 amide bonds. The van der Waals surface area contributed by atoms with Crippen LogP contribution in [0.5, 0.6) is 5.75 Å². The van der Waals surface area contributed by atoms with Gasteiger partial charge in [0.2, 0.25) is 0 Å². The minimum absolute atomic E-state index is 0.235. The normalized spacial score (nSPS) is 10.3. The molecule has 0 aliphatic rings. The van der Waals surface area contributed by atoms with E-state index in [9.17, 15) is 4.79 Å². The van der Waals surface area contributed by atoms with E-state index >= 15 is 0 Å². The minimum atomic E-state index is -0.235. The molecule has 4 nitrogen and oxygen atoms in total. The van der Waals surface area contributed by atoms with Crippen molar-refractivity contribution in [2.75, 3.05) is 18.2 Å². The summed E-state index contributed by atoms with van der Waals surface area (Å²) in [6, 6.07) is 8.57. The van der Waals surface area contributed by atoms with Crippen molar-refractivity contribution in [3.05, 3.63) is 49.3 Å². The zero-order valence-electron chi connectivity index (χ0n) is 10.9. The summed E-state index contributed by atoms with van der Waals surface area (Å²) in [5, 5.41) is 2.83. The monoisotopic (exact) mass is 476 g/mol. The first-order valence-electron chi connectivity index (χ1n) is 5.81. The highest BCUT2D eigenvalue weighted by Crippen LogP contribution is 2.34. The molecule has 0 saturated heterocycles. The Kier molecular flexibility index (Phi) is 5.29. The van der Waals surface area contributed by atoms with E-state index in [0.717, 1.165) is 8.95 Å². The van der Waals surface area contributed by atoms with Gasteiger partial charge in [0.15, 0.2) is 0 Å². The van der Waals surface area contributed by atoms with Crippen molar-refractivity contribution in [2.24, 2.45) is 0 Å². The molecule has 0 aromatic heterocycles. The highest BCUT2D eigenvalue weighted by Gasteiger charge is 2.12. The maximum Gasteiger partial charge on any atom is 0.255 e. The number of nitrogens with one attached hydrogen (secondary N) is 1. The summed E-state index contributed by atoms with van der Waals surface area (Å²) in [6.45, 7) is 0. The molecule has 21 heavy (non-hydrogen) atoms. The third-order valence-corrected chi connectivity index (χ3v) is 4.71. The molecule has 0 atom stereocenters. The number of ether oxygens (including phenoxy) is 1. The SMILES string of the molecule is COc1cc(NC(=O)c2ccc(N)c(Br)c2)c(Br)cc1Br. The van der Waals surface area contributed by atoms with E-state index in [1.54, 1.807) is 31.4 Å². The van der Waals surface area contributed by atoms with Crippen LogP contribution in [0, 0.1) is 0 Å². The Morgan fingerprint density at radius 3 is 2.43 bits per heavy atom. The lowest BCUT2D eigenvalue weighted by molar-refractivity contribution is 0.102. The summed E-state index contributed by atoms with van der Waals surface area (Å²) in [5.74, 6) is 0.396. The molecule has 0 aliphatic heterocycles. The summed E-state index contributed by atoms with van der Waals surface area (Å²) >= 11 is 10.1. The molecule has 110 valence electrons. The van der Waals surface area contributed by atoms with Crippen molar-refractivity contribution in [1.29, 1.82) is 0 Å². The molecule has 3 N–H and O–H groups in total. The van der Waals surface area contributed by atoms with Gasteiger partial charge >= 0.3 is 0 Å². The van der Waals surface area contributed by atoms with Crippen LogP contribution in [0.15, 0.2) is 43.7 Å². The summed E-state index contributed by atoms with van der Waals surface area (Å²) in [5.41, 5.74) is 7.42. The Labute approximate surface area is 147 Å². The quantitative estimate of drug-likeness (QED) is 0.622. The minimum Gasteiger partial charge on any atom is -0.495 e. The van der Waals surface area contributed by atoms with Gasteiger partial charge < -0.3 is 15.8 Å². The molecule has 0 saturated carbocycles. The highest BCUT2D eigenvalue weighted by atomic mass is 79.9. The number of nitrogen functional groups attached to an aromatic ring is 1. The fourth-order valence-electron chi connectivity index (χ4n) is 1.64. The van der Waals surface area contributed by atoms with Crippen LogP contribution in [-0.2, 0) is 0 Å². The Balaban J connectivity index is 2.29. The van der Waals surface area contributed by atoms with E-state index in [4.69, 9.17) is 10.5 Å². The van der Waals surface area contributed by atoms with E-state index in [0.29, 0.717) is 27.2 Å². The average molecular weight is 479 g/mol. The van der Waals surface area contributed by atoms with Crippen molar-refractivity contribution in [3.8, 4) is 5.75 Å². The number of anilines is 2. The molecule has 0 heterocycles. The molecular formula is C14H11Br3N2O2. The van der Waals surface area contributed by atoms with Crippen molar-refractivity contribution >= 4 is 65.1 Å². The first-order chi connectivity index (χ1) is 9.92. The standard InChI is InChI=1S/C14H11Br3N2O2/c1-21-13-6-12(9(16)5-10(13)17)19-14(20)7-2-3-11(18)8(15)4-7/h2-6H,18H2,1H3,(H,19,20). The highest BCUT2D eigenvalue weighted by molar-refractivity contribution is 9.11. The summed E-state index contributed by atoms with van der Waals surface area (Å²) < 4.78 is 7.45. The molecule has 0 radical (unpaired) electrons. The van der Waals surface area contributed by atoms with Crippen molar-refractivity contribution in [1.82, 2.24) is 0 Å². The number of benzene rings is 2. The van der Waals surface area contributed by atoms with Gasteiger partial charge in [0, 0.05) is 26.3 Å². The predicted molar refractivity (Wildman–Crippen MR) is 94.9 cm³/mol. The molecular weight excluding hydrogens is 468 g/mol. The van der Waals surface area contributed by atoms with Crippen molar-refractivity contribution < 1.29 is 9.53 Å². The van der Waals surface area contributed by atoms with Crippen LogP contribution < -0.4 is 15.8 Å². The molecule has 0 bridgehead atoms. The second-order valence-corrected chi connectivity index (χ2v) is 6.72. The Morgan fingerprint density at radius 2 is 1.81 bits per heavy atom. The number of nitrogens with two attached hydrogens (primary N) is 1. The van der Waals surface area contributed by atoms with Gasteiger partial charge in [0.25, 0.3) is 5.91 Å². The number of carbonyl (C=O) groups is 1. The van der Waals surface area contributed by atoms with E-state index < -0.39 is 0 Å². The van der Waals surface area contributed by atoms with Gasteiger partial charge in [-0.05, 0) is 72.1 Å². The molecule has 0 fully saturated rings. The lowest BCUT2D eigenvalue weighted by atomic mass is 10.2. The average Bonchev–Trinajstić information content (AvgIpc) is 2.44. The topological polar surface area (TPSA) is 64.3 Å². The number of hydrogen-bond acceptors (Lipinski definition) is 3. The maximum atomic E-state index is 12.3. The summed E-state index contributed by atoms with van der Waals surface area (Å²) in [4.78, 5) is 12.3. The largest absolute Gasteiger partial charge is 0.495 e. The first kappa shape index (κ1) is 16.3. The molecule has 0 spiro atoms. The number of hydrogen-bond donors (Lipinski definition) is 2. The Bertz CT molecular complexity index is 705. The lowest BCUT2D eigenvalue weighted by Gasteiger charge is -2.11. The number of methoxy groups -OCH3 is 1. The Hall–Kier alpha value is -1.05. The first-order valence-corrected chi connectivity index (χ1v) is 8.19. The van der Waals surface area contributed by atoms with Crippen LogP contribution in [0.3, 0.4) is 0 Å². The molecule has 2 aromatic carbocycles. The van der Waals surface area contributed by atoms with Crippen molar-refractivity contribution in [2.45, 2.75) is 0 Å². The van der Waals surface area contributed by atoms with Gasteiger partial charge in [-0.3, -0.25) is 4.79 Å². The fourth-order valence-corrected chi connectivity index (χ4v) is 3.28. The van der Waals surface area contributed by atoms with E-state index in [1.807, 2.05) is 6.07 Å². The number of halogens is 3. The van der Waals surface area contributed by atoms with Gasteiger partial charge in [0.05, 0.1) is 17.3 Å². The zero-order chi connectivity index (χ0) is 15.6. The molecule has 2 aromatic rings. The third-order valence-electron chi connectivity index (χ3n) is 2.75. The van der Waals surface area contributed by atoms with Crippen LogP contribution in [0.2, 0.25) is 0 Å². The van der Waals surface area contributed by atoms with Crippen LogP contribution in [-0.4, -0.2) is 13.0 Å². The molecule has 2 rings (SSSR count). The van der Waals surface area contributed by atoms with Crippen molar-refractivity contribution in [3.63, 3.8) is 0 Å². The van der Waals surface area contributed by atoms with E-state index in [1.165, 1.54) is 0 Å². The Morgan fingerprint density at radius 1 is 1.10 bits per heavy atom. The lowest BCUT2D eigenvalue weighted by Crippen LogP contribution is -2.12. The molecule has 7 heteroatoms. The van der Waals surface area contributed by atoms with Crippen LogP contribution >= 0.6 is 47.8 Å². The fraction of sp³-hybridized carbons (Fsp3) is 0.0714. The summed E-state index contributed by atoms with van der Waals surface area (Å²) in [6.07, 6.45) is 0. The number of rotatable bonds is 3. The predicted octanol–water partition coefficient (Wildman–Crippen LogP) is 4.82. The van der Waals surface area contributed by atoms with Gasteiger partial charge in [-0.25, -0.2) is 0 Å². The maximum absolute atomic E-state index is 12.3. The molecule has 0 aliphatic carbocycles. The van der Waals surface area contributed by atoms with Gasteiger partial charge in [-0.1, -0.05) is 0 Å². The molecule has 0 unspecified atom stereocenters. The van der Waals surface area contributed by atoms with E-state index in [-0.39, 0.29) is 5.91 Å². The van der Waals surface area contributed by atoms with Crippen LogP contribution in [0.1, 0.15) is 10.4 Å². The van der Waals surface area contributed by atoms with Gasteiger partial charge in [0.1, 0.15) is 5.75 Å². The van der Waals surface area contributed by atoms with Crippen LogP contribution in [0.4, 0.5) is 11.4 Å². The third kappa shape index (κ3) is 3.78. The smallest absolute Gasteiger partial charge is 0.255 e. The van der Waals surface area contributed by atoms with E-state index in [2.05, 4.69) is 53.1 Å².